The molecule has 0 atom stereocenters. The average molecular weight is 245 g/mol. The molecule has 0 aromatic carbocycles. The zero-order valence-electron chi connectivity index (χ0n) is 11.1. The Kier molecular flexibility index (Phi) is 3.92. The topological polar surface area (TPSA) is 55.6 Å². The van der Waals surface area contributed by atoms with E-state index in [9.17, 15) is 0 Å². The van der Waals surface area contributed by atoms with Gasteiger partial charge in [-0.1, -0.05) is 19.9 Å². The first-order chi connectivity index (χ1) is 8.65. The van der Waals surface area contributed by atoms with E-state index in [1.165, 1.54) is 0 Å². The van der Waals surface area contributed by atoms with Crippen molar-refractivity contribution in [3.05, 3.63) is 35.9 Å². The first-order valence-electron chi connectivity index (χ1n) is 6.17. The van der Waals surface area contributed by atoms with E-state index in [2.05, 4.69) is 46.5 Å². The molecule has 2 aromatic heterocycles. The normalized spacial score (nSPS) is 10.9. The van der Waals surface area contributed by atoms with E-state index in [1.54, 1.807) is 6.33 Å². The van der Waals surface area contributed by atoms with Crippen molar-refractivity contribution in [3.8, 4) is 0 Å². The molecule has 0 spiro atoms. The highest BCUT2D eigenvalue weighted by atomic mass is 15.3. The second kappa shape index (κ2) is 5.62. The van der Waals surface area contributed by atoms with Crippen LogP contribution in [-0.2, 0) is 20.0 Å². The van der Waals surface area contributed by atoms with Crippen LogP contribution in [-0.4, -0.2) is 19.7 Å². The Labute approximate surface area is 107 Å². The zero-order chi connectivity index (χ0) is 13.0. The highest BCUT2D eigenvalue weighted by Crippen LogP contribution is 2.08. The number of aromatic nitrogens is 4. The van der Waals surface area contributed by atoms with Gasteiger partial charge >= 0.3 is 0 Å². The predicted octanol–water partition coefficient (Wildman–Crippen LogP) is 2.02. The molecular weight excluding hydrogens is 226 g/mol. The summed E-state index contributed by atoms with van der Waals surface area (Å²) in [6.45, 7) is 5.11. The molecule has 0 radical (unpaired) electrons. The molecule has 5 heteroatoms. The largest absolute Gasteiger partial charge is 0.350 e. The third-order valence-electron chi connectivity index (χ3n) is 2.67. The molecule has 18 heavy (non-hydrogen) atoms. The smallest absolute Gasteiger partial charge is 0.224 e. The van der Waals surface area contributed by atoms with E-state index >= 15 is 0 Å². The van der Waals surface area contributed by atoms with Gasteiger partial charge in [0.1, 0.15) is 6.33 Å². The van der Waals surface area contributed by atoms with Gasteiger partial charge in [0.15, 0.2) is 0 Å². The third kappa shape index (κ3) is 3.29. The summed E-state index contributed by atoms with van der Waals surface area (Å²) in [5, 5.41) is 11.0. The molecule has 1 N–H and O–H groups in total. The molecule has 2 heterocycles. The lowest BCUT2D eigenvalue weighted by atomic mass is 10.1. The van der Waals surface area contributed by atoms with Gasteiger partial charge in [0.2, 0.25) is 5.95 Å². The molecule has 0 amide bonds. The van der Waals surface area contributed by atoms with Crippen LogP contribution in [0.5, 0.6) is 0 Å². The number of hydrogen-bond donors (Lipinski definition) is 1. The average Bonchev–Trinajstić information content (AvgIpc) is 2.73. The first kappa shape index (κ1) is 12.5. The number of nitrogens with zero attached hydrogens (tertiary/aromatic N) is 4. The van der Waals surface area contributed by atoms with Gasteiger partial charge in [-0.3, -0.25) is 4.98 Å². The summed E-state index contributed by atoms with van der Waals surface area (Å²) in [5.74, 6) is 1.40. The molecule has 0 aliphatic heterocycles. The molecule has 0 saturated heterocycles. The van der Waals surface area contributed by atoms with Gasteiger partial charge in [-0.2, -0.15) is 0 Å². The molecule has 2 rings (SSSR count). The van der Waals surface area contributed by atoms with Gasteiger partial charge in [0, 0.05) is 25.5 Å². The Morgan fingerprint density at radius 1 is 1.33 bits per heavy atom. The maximum atomic E-state index is 4.46. The van der Waals surface area contributed by atoms with Crippen molar-refractivity contribution in [2.75, 3.05) is 5.32 Å². The SMILES string of the molecule is CC(C)Cc1ccc(CNc2nncn2C)cn1. The molecule has 5 nitrogen and oxygen atoms in total. The van der Waals surface area contributed by atoms with Gasteiger partial charge in [-0.05, 0) is 24.0 Å². The van der Waals surface area contributed by atoms with E-state index in [-0.39, 0.29) is 0 Å². The molecule has 0 aliphatic rings. The molecule has 0 fully saturated rings. The van der Waals surface area contributed by atoms with Crippen LogP contribution >= 0.6 is 0 Å². The van der Waals surface area contributed by atoms with E-state index < -0.39 is 0 Å². The summed E-state index contributed by atoms with van der Waals surface area (Å²) < 4.78 is 1.85. The van der Waals surface area contributed by atoms with Crippen LogP contribution in [0.15, 0.2) is 24.7 Å². The number of aryl methyl sites for hydroxylation is 1. The summed E-state index contributed by atoms with van der Waals surface area (Å²) in [5.41, 5.74) is 2.29. The quantitative estimate of drug-likeness (QED) is 0.875. The lowest BCUT2D eigenvalue weighted by Crippen LogP contribution is -2.05. The molecule has 0 saturated carbocycles. The Morgan fingerprint density at radius 2 is 2.17 bits per heavy atom. The van der Waals surface area contributed by atoms with E-state index in [0.717, 1.165) is 23.6 Å². The predicted molar refractivity (Wildman–Crippen MR) is 71.1 cm³/mol. The summed E-state index contributed by atoms with van der Waals surface area (Å²) in [4.78, 5) is 4.46. The van der Waals surface area contributed by atoms with Gasteiger partial charge in [-0.25, -0.2) is 0 Å². The molecule has 0 bridgehead atoms. The van der Waals surface area contributed by atoms with Crippen molar-refractivity contribution in [1.82, 2.24) is 19.7 Å². The number of hydrogen-bond acceptors (Lipinski definition) is 4. The number of nitrogens with one attached hydrogen (secondary N) is 1. The summed E-state index contributed by atoms with van der Waals surface area (Å²) in [6, 6.07) is 4.20. The molecular formula is C13H19N5. The minimum Gasteiger partial charge on any atom is -0.350 e. The Hall–Kier alpha value is -1.91. The van der Waals surface area contributed by atoms with Crippen molar-refractivity contribution in [1.29, 1.82) is 0 Å². The van der Waals surface area contributed by atoms with Crippen LogP contribution in [0.4, 0.5) is 5.95 Å². The monoisotopic (exact) mass is 245 g/mol. The Balaban J connectivity index is 1.92. The Bertz CT molecular complexity index is 486. The maximum absolute atomic E-state index is 4.46. The lowest BCUT2D eigenvalue weighted by Gasteiger charge is -2.07. The molecule has 0 unspecified atom stereocenters. The van der Waals surface area contributed by atoms with E-state index in [4.69, 9.17) is 0 Å². The molecule has 2 aromatic rings. The van der Waals surface area contributed by atoms with Crippen molar-refractivity contribution in [2.45, 2.75) is 26.8 Å². The van der Waals surface area contributed by atoms with Crippen LogP contribution in [0.1, 0.15) is 25.1 Å². The second-order valence-electron chi connectivity index (χ2n) is 4.87. The van der Waals surface area contributed by atoms with Crippen molar-refractivity contribution in [2.24, 2.45) is 13.0 Å². The first-order valence-corrected chi connectivity index (χ1v) is 6.17. The summed E-state index contributed by atoms with van der Waals surface area (Å²) >= 11 is 0. The molecule has 0 aliphatic carbocycles. The van der Waals surface area contributed by atoms with Crippen molar-refractivity contribution < 1.29 is 0 Å². The van der Waals surface area contributed by atoms with E-state index in [1.807, 2.05) is 17.8 Å². The van der Waals surface area contributed by atoms with E-state index in [0.29, 0.717) is 12.5 Å². The fourth-order valence-electron chi connectivity index (χ4n) is 1.72. The zero-order valence-corrected chi connectivity index (χ0v) is 11.1. The van der Waals surface area contributed by atoms with Gasteiger partial charge in [0.05, 0.1) is 0 Å². The third-order valence-corrected chi connectivity index (χ3v) is 2.67. The summed E-state index contributed by atoms with van der Waals surface area (Å²) in [7, 11) is 1.91. The summed E-state index contributed by atoms with van der Waals surface area (Å²) in [6.07, 6.45) is 4.62. The highest BCUT2D eigenvalue weighted by molar-refractivity contribution is 5.26. The van der Waals surface area contributed by atoms with Crippen LogP contribution in [0.2, 0.25) is 0 Å². The van der Waals surface area contributed by atoms with Crippen LogP contribution in [0.3, 0.4) is 0 Å². The minimum absolute atomic E-state index is 0.639. The van der Waals surface area contributed by atoms with Crippen LogP contribution in [0, 0.1) is 5.92 Å². The van der Waals surface area contributed by atoms with Crippen LogP contribution < -0.4 is 5.32 Å². The Morgan fingerprint density at radius 3 is 2.72 bits per heavy atom. The molecule has 96 valence electrons. The van der Waals surface area contributed by atoms with Crippen molar-refractivity contribution in [3.63, 3.8) is 0 Å². The fourth-order valence-corrected chi connectivity index (χ4v) is 1.72. The van der Waals surface area contributed by atoms with Gasteiger partial charge in [-0.15, -0.1) is 10.2 Å². The highest BCUT2D eigenvalue weighted by Gasteiger charge is 2.02. The maximum Gasteiger partial charge on any atom is 0.224 e. The van der Waals surface area contributed by atoms with Crippen molar-refractivity contribution >= 4 is 5.95 Å². The lowest BCUT2D eigenvalue weighted by molar-refractivity contribution is 0.635. The minimum atomic E-state index is 0.639. The van der Waals surface area contributed by atoms with Crippen LogP contribution in [0.25, 0.3) is 0 Å². The number of rotatable bonds is 5. The van der Waals surface area contributed by atoms with Gasteiger partial charge in [0.25, 0.3) is 0 Å². The van der Waals surface area contributed by atoms with Gasteiger partial charge < -0.3 is 9.88 Å². The number of anilines is 1. The fraction of sp³-hybridized carbons (Fsp3) is 0.462. The number of pyridine rings is 1. The standard InChI is InChI=1S/C13H19N5/c1-10(2)6-12-5-4-11(7-14-12)8-15-13-17-16-9-18(13)3/h4-5,7,9-10H,6,8H2,1-3H3,(H,15,17). The second-order valence-corrected chi connectivity index (χ2v) is 4.87.